The van der Waals surface area contributed by atoms with E-state index in [2.05, 4.69) is 10.5 Å². The first-order valence-electron chi connectivity index (χ1n) is 7.32. The molecule has 1 saturated heterocycles. The SMILES string of the molecule is Cc1noc(Cl)c1CC(=O)N[C@@H]1CCN(c2ccccc2)C1=O. The Morgan fingerprint density at radius 2 is 2.17 bits per heavy atom. The molecule has 1 aliphatic heterocycles. The van der Waals surface area contributed by atoms with Crippen molar-refractivity contribution in [2.75, 3.05) is 11.4 Å². The summed E-state index contributed by atoms with van der Waals surface area (Å²) in [6, 6.07) is 8.90. The molecule has 1 fully saturated rings. The van der Waals surface area contributed by atoms with Crippen molar-refractivity contribution in [1.29, 1.82) is 0 Å². The second-order valence-electron chi connectivity index (χ2n) is 5.43. The fourth-order valence-corrected chi connectivity index (χ4v) is 2.88. The first-order valence-corrected chi connectivity index (χ1v) is 7.70. The number of rotatable bonds is 4. The molecule has 7 heteroatoms. The molecule has 1 aromatic carbocycles. The van der Waals surface area contributed by atoms with Crippen molar-refractivity contribution in [2.24, 2.45) is 0 Å². The molecule has 0 bridgehead atoms. The lowest BCUT2D eigenvalue weighted by molar-refractivity contribution is -0.126. The van der Waals surface area contributed by atoms with Crippen molar-refractivity contribution in [3.8, 4) is 0 Å². The summed E-state index contributed by atoms with van der Waals surface area (Å²) in [6.45, 7) is 2.30. The third-order valence-electron chi connectivity index (χ3n) is 3.88. The number of nitrogens with one attached hydrogen (secondary N) is 1. The molecule has 2 amide bonds. The van der Waals surface area contributed by atoms with Crippen LogP contribution >= 0.6 is 11.6 Å². The first kappa shape index (κ1) is 15.6. The summed E-state index contributed by atoms with van der Waals surface area (Å²) in [5.41, 5.74) is 1.97. The van der Waals surface area contributed by atoms with Gasteiger partial charge in [-0.1, -0.05) is 23.4 Å². The van der Waals surface area contributed by atoms with Crippen molar-refractivity contribution in [1.82, 2.24) is 10.5 Å². The zero-order valence-corrected chi connectivity index (χ0v) is 13.3. The molecule has 2 aromatic rings. The predicted octanol–water partition coefficient (Wildman–Crippen LogP) is 2.10. The van der Waals surface area contributed by atoms with E-state index in [0.717, 1.165) is 5.69 Å². The lowest BCUT2D eigenvalue weighted by Gasteiger charge is -2.17. The molecule has 0 radical (unpaired) electrons. The van der Waals surface area contributed by atoms with Crippen molar-refractivity contribution in [3.05, 3.63) is 46.8 Å². The minimum Gasteiger partial charge on any atom is -0.344 e. The zero-order valence-electron chi connectivity index (χ0n) is 12.6. The number of amides is 2. The molecular weight excluding hydrogens is 318 g/mol. The fraction of sp³-hybridized carbons (Fsp3) is 0.312. The Labute approximate surface area is 138 Å². The van der Waals surface area contributed by atoms with Gasteiger partial charge in [-0.25, -0.2) is 0 Å². The molecule has 120 valence electrons. The molecule has 0 unspecified atom stereocenters. The van der Waals surface area contributed by atoms with E-state index in [1.165, 1.54) is 0 Å². The van der Waals surface area contributed by atoms with Crippen LogP contribution in [0, 0.1) is 6.92 Å². The third-order valence-corrected chi connectivity index (χ3v) is 4.18. The Morgan fingerprint density at radius 1 is 1.43 bits per heavy atom. The van der Waals surface area contributed by atoms with Crippen LogP contribution in [-0.2, 0) is 16.0 Å². The zero-order chi connectivity index (χ0) is 16.4. The number of carbonyl (C=O) groups excluding carboxylic acids is 2. The van der Waals surface area contributed by atoms with E-state index in [0.29, 0.717) is 24.2 Å². The van der Waals surface area contributed by atoms with Crippen molar-refractivity contribution in [2.45, 2.75) is 25.8 Å². The van der Waals surface area contributed by atoms with Gasteiger partial charge in [0.2, 0.25) is 17.0 Å². The number of nitrogens with zero attached hydrogens (tertiary/aromatic N) is 2. The molecule has 1 N–H and O–H groups in total. The number of aromatic nitrogens is 1. The normalized spacial score (nSPS) is 17.6. The van der Waals surface area contributed by atoms with E-state index >= 15 is 0 Å². The summed E-state index contributed by atoms with van der Waals surface area (Å²) in [6.07, 6.45) is 0.624. The van der Waals surface area contributed by atoms with Crippen LogP contribution in [0.2, 0.25) is 5.22 Å². The first-order chi connectivity index (χ1) is 11.1. The van der Waals surface area contributed by atoms with Crippen molar-refractivity contribution >= 4 is 29.1 Å². The molecule has 3 rings (SSSR count). The van der Waals surface area contributed by atoms with E-state index in [4.69, 9.17) is 16.1 Å². The summed E-state index contributed by atoms with van der Waals surface area (Å²) >= 11 is 5.85. The number of para-hydroxylation sites is 1. The second kappa shape index (κ2) is 6.42. The number of hydrogen-bond donors (Lipinski definition) is 1. The van der Waals surface area contributed by atoms with Gasteiger partial charge in [0.05, 0.1) is 12.1 Å². The minimum absolute atomic E-state index is 0.0449. The number of anilines is 1. The van der Waals surface area contributed by atoms with Crippen LogP contribution in [-0.4, -0.2) is 29.6 Å². The maximum Gasteiger partial charge on any atom is 0.249 e. The Bertz CT molecular complexity index is 710. The van der Waals surface area contributed by atoms with Gasteiger partial charge in [0.15, 0.2) is 0 Å². The molecule has 1 atom stereocenters. The maximum absolute atomic E-state index is 12.4. The Balaban J connectivity index is 1.63. The van der Waals surface area contributed by atoms with Crippen LogP contribution in [0.4, 0.5) is 5.69 Å². The van der Waals surface area contributed by atoms with Gasteiger partial charge in [0.1, 0.15) is 6.04 Å². The lowest BCUT2D eigenvalue weighted by Crippen LogP contribution is -2.42. The summed E-state index contributed by atoms with van der Waals surface area (Å²) in [4.78, 5) is 26.3. The van der Waals surface area contributed by atoms with Gasteiger partial charge in [-0.05, 0) is 37.1 Å². The number of carbonyl (C=O) groups is 2. The van der Waals surface area contributed by atoms with E-state index in [1.54, 1.807) is 11.8 Å². The van der Waals surface area contributed by atoms with Gasteiger partial charge in [0.25, 0.3) is 0 Å². The summed E-state index contributed by atoms with van der Waals surface area (Å²) in [5.74, 6) is -0.371. The van der Waals surface area contributed by atoms with Crippen LogP contribution in [0.25, 0.3) is 0 Å². The smallest absolute Gasteiger partial charge is 0.249 e. The topological polar surface area (TPSA) is 75.4 Å². The number of aryl methyl sites for hydroxylation is 1. The molecule has 1 aromatic heterocycles. The molecule has 0 aliphatic carbocycles. The molecule has 2 heterocycles. The summed E-state index contributed by atoms with van der Waals surface area (Å²) in [7, 11) is 0. The van der Waals surface area contributed by atoms with Gasteiger partial charge in [-0.15, -0.1) is 0 Å². The van der Waals surface area contributed by atoms with E-state index in [-0.39, 0.29) is 23.5 Å². The number of halogens is 1. The largest absolute Gasteiger partial charge is 0.344 e. The van der Waals surface area contributed by atoms with E-state index in [1.807, 2.05) is 30.3 Å². The monoisotopic (exact) mass is 333 g/mol. The van der Waals surface area contributed by atoms with Gasteiger partial charge < -0.3 is 14.7 Å². The van der Waals surface area contributed by atoms with Crippen molar-refractivity contribution in [3.63, 3.8) is 0 Å². The average Bonchev–Trinajstić information content (AvgIpc) is 3.06. The quantitative estimate of drug-likeness (QED) is 0.929. The highest BCUT2D eigenvalue weighted by Crippen LogP contribution is 2.22. The Kier molecular flexibility index (Phi) is 4.34. The van der Waals surface area contributed by atoms with E-state index in [9.17, 15) is 9.59 Å². The predicted molar refractivity (Wildman–Crippen MR) is 85.3 cm³/mol. The molecule has 0 spiro atoms. The highest BCUT2D eigenvalue weighted by Gasteiger charge is 2.33. The number of hydrogen-bond acceptors (Lipinski definition) is 4. The van der Waals surface area contributed by atoms with E-state index < -0.39 is 6.04 Å². The van der Waals surface area contributed by atoms with Crippen LogP contribution in [0.5, 0.6) is 0 Å². The van der Waals surface area contributed by atoms with Crippen LogP contribution in [0.1, 0.15) is 17.7 Å². The third kappa shape index (κ3) is 3.22. The van der Waals surface area contributed by atoms with Crippen LogP contribution < -0.4 is 10.2 Å². The molecular formula is C16H16ClN3O3. The Morgan fingerprint density at radius 3 is 2.83 bits per heavy atom. The molecule has 6 nitrogen and oxygen atoms in total. The molecule has 1 aliphatic rings. The Hall–Kier alpha value is -2.34. The second-order valence-corrected chi connectivity index (χ2v) is 5.77. The summed E-state index contributed by atoms with van der Waals surface area (Å²) in [5, 5.41) is 6.58. The highest BCUT2D eigenvalue weighted by atomic mass is 35.5. The molecule has 23 heavy (non-hydrogen) atoms. The number of benzene rings is 1. The van der Waals surface area contributed by atoms with Crippen molar-refractivity contribution < 1.29 is 14.1 Å². The minimum atomic E-state index is -0.512. The summed E-state index contributed by atoms with van der Waals surface area (Å²) < 4.78 is 4.82. The fourth-order valence-electron chi connectivity index (χ4n) is 2.64. The maximum atomic E-state index is 12.4. The van der Waals surface area contributed by atoms with Gasteiger partial charge >= 0.3 is 0 Å². The standard InChI is InChI=1S/C16H16ClN3O3/c1-10-12(15(17)23-19-10)9-14(21)18-13-7-8-20(16(13)22)11-5-3-2-4-6-11/h2-6,13H,7-9H2,1H3,(H,18,21)/t13-/m1/s1. The average molecular weight is 334 g/mol. The van der Waals surface area contributed by atoms with Gasteiger partial charge in [-0.3, -0.25) is 9.59 Å². The van der Waals surface area contributed by atoms with Gasteiger partial charge in [-0.2, -0.15) is 0 Å². The highest BCUT2D eigenvalue weighted by molar-refractivity contribution is 6.29. The van der Waals surface area contributed by atoms with Gasteiger partial charge in [0, 0.05) is 17.8 Å². The van der Waals surface area contributed by atoms with Crippen LogP contribution in [0.3, 0.4) is 0 Å². The molecule has 0 saturated carbocycles. The lowest BCUT2D eigenvalue weighted by atomic mass is 10.1. The van der Waals surface area contributed by atoms with Crippen LogP contribution in [0.15, 0.2) is 34.9 Å².